The van der Waals surface area contributed by atoms with E-state index in [1.165, 1.54) is 36.1 Å². The average molecular weight is 508 g/mol. The van der Waals surface area contributed by atoms with Gasteiger partial charge in [0.1, 0.15) is 23.7 Å². The standard InChI is InChI=1S/C28H30FN3O5/c1-17(33)23-15-21(36-25-22-8-6-5-7-18(22)13-14-30-25)16-32(23)26(34)24(28(2,3)4)31-27(35)37-20-11-9-19(29)10-12-20/h5-14,21,23-24H,15-16H2,1-4H3,(H,31,35)/t21-,23+,24-/m1/s1. The lowest BCUT2D eigenvalue weighted by Crippen LogP contribution is -2.57. The van der Waals surface area contributed by atoms with Crippen molar-refractivity contribution in [2.45, 2.75) is 52.3 Å². The highest BCUT2D eigenvalue weighted by Gasteiger charge is 2.45. The molecule has 0 spiro atoms. The monoisotopic (exact) mass is 507 g/mol. The summed E-state index contributed by atoms with van der Waals surface area (Å²) >= 11 is 0. The minimum Gasteiger partial charge on any atom is -0.472 e. The normalized spacial score (nSPS) is 18.4. The predicted molar refractivity (Wildman–Crippen MR) is 136 cm³/mol. The van der Waals surface area contributed by atoms with Crippen LogP contribution in [0.1, 0.15) is 34.1 Å². The molecule has 1 aliphatic rings. The molecular weight excluding hydrogens is 477 g/mol. The van der Waals surface area contributed by atoms with Crippen molar-refractivity contribution in [1.29, 1.82) is 0 Å². The highest BCUT2D eigenvalue weighted by atomic mass is 19.1. The lowest BCUT2D eigenvalue weighted by Gasteiger charge is -2.34. The van der Waals surface area contributed by atoms with Gasteiger partial charge in [-0.3, -0.25) is 9.59 Å². The fraction of sp³-hybridized carbons (Fsp3) is 0.357. The van der Waals surface area contributed by atoms with Crippen molar-refractivity contribution in [2.75, 3.05) is 6.54 Å². The fourth-order valence-electron chi connectivity index (χ4n) is 4.43. The number of halogens is 1. The summed E-state index contributed by atoms with van der Waals surface area (Å²) in [5.74, 6) is -0.478. The molecule has 8 nitrogen and oxygen atoms in total. The molecule has 3 atom stereocenters. The number of nitrogens with zero attached hydrogens (tertiary/aromatic N) is 2. The van der Waals surface area contributed by atoms with Crippen molar-refractivity contribution >= 4 is 28.6 Å². The van der Waals surface area contributed by atoms with Gasteiger partial charge in [0.05, 0.1) is 12.6 Å². The van der Waals surface area contributed by atoms with Crippen LogP contribution in [-0.2, 0) is 9.59 Å². The molecule has 1 N–H and O–H groups in total. The van der Waals surface area contributed by atoms with Gasteiger partial charge in [-0.05, 0) is 54.1 Å². The second-order valence-corrected chi connectivity index (χ2v) is 10.2. The van der Waals surface area contributed by atoms with Gasteiger partial charge < -0.3 is 19.7 Å². The zero-order valence-electron chi connectivity index (χ0n) is 21.2. The lowest BCUT2D eigenvalue weighted by molar-refractivity contribution is -0.140. The molecule has 0 aliphatic carbocycles. The summed E-state index contributed by atoms with van der Waals surface area (Å²) < 4.78 is 24.6. The van der Waals surface area contributed by atoms with Gasteiger partial charge in [0.2, 0.25) is 11.8 Å². The maximum Gasteiger partial charge on any atom is 0.413 e. The molecule has 1 fully saturated rings. The maximum absolute atomic E-state index is 13.7. The van der Waals surface area contributed by atoms with Gasteiger partial charge in [0.15, 0.2) is 5.78 Å². The molecule has 3 aromatic rings. The predicted octanol–water partition coefficient (Wildman–Crippen LogP) is 4.51. The number of nitrogens with one attached hydrogen (secondary N) is 1. The molecule has 0 unspecified atom stereocenters. The number of aromatic nitrogens is 1. The number of ether oxygens (including phenoxy) is 2. The number of benzene rings is 2. The molecule has 2 heterocycles. The number of pyridine rings is 1. The number of amides is 2. The SMILES string of the molecule is CC(=O)[C@@H]1C[C@@H](Oc2nccc3ccccc23)CN1C(=O)[C@@H](NC(=O)Oc1ccc(F)cc1)C(C)(C)C. The van der Waals surface area contributed by atoms with Crippen molar-refractivity contribution in [3.8, 4) is 11.6 Å². The molecule has 1 aliphatic heterocycles. The Balaban J connectivity index is 1.52. The number of hydrogen-bond acceptors (Lipinski definition) is 6. The molecule has 2 aromatic carbocycles. The van der Waals surface area contributed by atoms with E-state index in [0.29, 0.717) is 12.3 Å². The quantitative estimate of drug-likeness (QED) is 0.527. The maximum atomic E-state index is 13.7. The van der Waals surface area contributed by atoms with Gasteiger partial charge >= 0.3 is 6.09 Å². The van der Waals surface area contributed by atoms with Crippen LogP contribution in [0.2, 0.25) is 0 Å². The van der Waals surface area contributed by atoms with Crippen LogP contribution in [0.15, 0.2) is 60.8 Å². The van der Waals surface area contributed by atoms with Crippen LogP contribution in [-0.4, -0.2) is 52.4 Å². The molecule has 194 valence electrons. The number of fused-ring (bicyclic) bond motifs is 1. The molecule has 1 aromatic heterocycles. The van der Waals surface area contributed by atoms with Gasteiger partial charge in [-0.1, -0.05) is 39.0 Å². The Morgan fingerprint density at radius 2 is 1.78 bits per heavy atom. The van der Waals surface area contributed by atoms with Crippen molar-refractivity contribution < 1.29 is 28.2 Å². The van der Waals surface area contributed by atoms with E-state index < -0.39 is 41.4 Å². The van der Waals surface area contributed by atoms with Crippen LogP contribution in [0.5, 0.6) is 11.6 Å². The number of carbonyl (C=O) groups is 3. The Bertz CT molecular complexity index is 1300. The van der Waals surface area contributed by atoms with E-state index in [1.54, 1.807) is 27.0 Å². The Kier molecular flexibility index (Phi) is 7.42. The van der Waals surface area contributed by atoms with Crippen molar-refractivity contribution in [1.82, 2.24) is 15.2 Å². The number of rotatable bonds is 6. The highest BCUT2D eigenvalue weighted by molar-refractivity contribution is 5.92. The third-order valence-electron chi connectivity index (χ3n) is 6.33. The van der Waals surface area contributed by atoms with Gasteiger partial charge in [0, 0.05) is 18.0 Å². The minimum absolute atomic E-state index is 0.137. The smallest absolute Gasteiger partial charge is 0.413 e. The Morgan fingerprint density at radius 3 is 2.46 bits per heavy atom. The fourth-order valence-corrected chi connectivity index (χ4v) is 4.43. The van der Waals surface area contributed by atoms with Crippen LogP contribution in [0, 0.1) is 11.2 Å². The third kappa shape index (κ3) is 6.04. The minimum atomic E-state index is -0.989. The summed E-state index contributed by atoms with van der Waals surface area (Å²) in [6, 6.07) is 12.8. The second-order valence-electron chi connectivity index (χ2n) is 10.2. The highest BCUT2D eigenvalue weighted by Crippen LogP contribution is 2.30. The summed E-state index contributed by atoms with van der Waals surface area (Å²) in [6.45, 7) is 7.02. The Hall–Kier alpha value is -4.01. The van der Waals surface area contributed by atoms with E-state index in [4.69, 9.17) is 9.47 Å². The molecular formula is C28H30FN3O5. The summed E-state index contributed by atoms with van der Waals surface area (Å²) in [5.41, 5.74) is -0.698. The van der Waals surface area contributed by atoms with Crippen molar-refractivity contribution in [3.63, 3.8) is 0 Å². The first-order chi connectivity index (χ1) is 17.5. The Labute approximate surface area is 214 Å². The molecule has 37 heavy (non-hydrogen) atoms. The number of Topliss-reactive ketones (excluding diaryl/α,β-unsaturated/α-hetero) is 1. The first-order valence-corrected chi connectivity index (χ1v) is 12.1. The summed E-state index contributed by atoms with van der Waals surface area (Å²) in [6.07, 6.45) is 0.654. The van der Waals surface area contributed by atoms with E-state index in [-0.39, 0.29) is 18.1 Å². The van der Waals surface area contributed by atoms with E-state index in [0.717, 1.165) is 10.8 Å². The molecule has 1 saturated heterocycles. The molecule has 0 radical (unpaired) electrons. The topological polar surface area (TPSA) is 97.8 Å². The van der Waals surface area contributed by atoms with Crippen LogP contribution >= 0.6 is 0 Å². The summed E-state index contributed by atoms with van der Waals surface area (Å²) in [7, 11) is 0. The van der Waals surface area contributed by atoms with Crippen LogP contribution in [0.4, 0.5) is 9.18 Å². The number of ketones is 1. The first kappa shape index (κ1) is 26.1. The van der Waals surface area contributed by atoms with Crippen molar-refractivity contribution in [3.05, 3.63) is 66.6 Å². The number of carbonyl (C=O) groups excluding carboxylic acids is 3. The van der Waals surface area contributed by atoms with Crippen molar-refractivity contribution in [2.24, 2.45) is 5.41 Å². The van der Waals surface area contributed by atoms with Gasteiger partial charge in [-0.25, -0.2) is 14.2 Å². The molecule has 0 saturated carbocycles. The first-order valence-electron chi connectivity index (χ1n) is 12.1. The summed E-state index contributed by atoms with van der Waals surface area (Å²) in [4.78, 5) is 44.7. The van der Waals surface area contributed by atoms with Crippen LogP contribution in [0.25, 0.3) is 10.8 Å². The third-order valence-corrected chi connectivity index (χ3v) is 6.33. The largest absolute Gasteiger partial charge is 0.472 e. The van der Waals surface area contributed by atoms with Crippen LogP contribution < -0.4 is 14.8 Å². The molecule has 4 rings (SSSR count). The summed E-state index contributed by atoms with van der Waals surface area (Å²) in [5, 5.41) is 4.44. The van der Waals surface area contributed by atoms with Gasteiger partial charge in [-0.15, -0.1) is 0 Å². The van der Waals surface area contributed by atoms with Gasteiger partial charge in [-0.2, -0.15) is 0 Å². The van der Waals surface area contributed by atoms with Gasteiger partial charge in [0.25, 0.3) is 0 Å². The zero-order valence-corrected chi connectivity index (χ0v) is 21.2. The second kappa shape index (κ2) is 10.5. The molecule has 0 bridgehead atoms. The number of likely N-dealkylation sites (tertiary alicyclic amines) is 1. The lowest BCUT2D eigenvalue weighted by atomic mass is 9.85. The van der Waals surface area contributed by atoms with E-state index in [2.05, 4.69) is 10.3 Å². The average Bonchev–Trinajstić information content (AvgIpc) is 3.27. The molecule has 9 heteroatoms. The zero-order chi connectivity index (χ0) is 26.7. The van der Waals surface area contributed by atoms with Crippen LogP contribution in [0.3, 0.4) is 0 Å². The molecule has 2 amide bonds. The van der Waals surface area contributed by atoms with E-state index in [9.17, 15) is 18.8 Å². The van der Waals surface area contributed by atoms with E-state index in [1.807, 2.05) is 30.3 Å². The van der Waals surface area contributed by atoms with E-state index >= 15 is 0 Å². The Morgan fingerprint density at radius 1 is 1.08 bits per heavy atom. The number of hydrogen-bond donors (Lipinski definition) is 1.